The maximum Gasteiger partial charge on any atom is 0.255 e. The van der Waals surface area contributed by atoms with Gasteiger partial charge in [0.1, 0.15) is 0 Å². The average Bonchev–Trinajstić information content (AvgIpc) is 2.47. The van der Waals surface area contributed by atoms with Crippen LogP contribution in [-0.4, -0.2) is 23.8 Å². The van der Waals surface area contributed by atoms with E-state index < -0.39 is 0 Å². The van der Waals surface area contributed by atoms with E-state index in [-0.39, 0.29) is 11.8 Å². The number of amides is 2. The topological polar surface area (TPSA) is 62.3 Å². The van der Waals surface area contributed by atoms with Crippen molar-refractivity contribution in [3.05, 3.63) is 54.4 Å². The minimum atomic E-state index is -0.213. The summed E-state index contributed by atoms with van der Waals surface area (Å²) in [5, 5.41) is 2.75. The van der Waals surface area contributed by atoms with Crippen LogP contribution >= 0.6 is 0 Å². The number of anilines is 2. The molecule has 0 spiro atoms. The smallest absolute Gasteiger partial charge is 0.255 e. The van der Waals surface area contributed by atoms with Crippen molar-refractivity contribution in [2.24, 2.45) is 0 Å². The fraction of sp³-hybridized carbons (Fsp3) is 0.133. The Balaban J connectivity index is 2.10. The van der Waals surface area contributed by atoms with Gasteiger partial charge in [0.2, 0.25) is 5.91 Å². The Morgan fingerprint density at radius 1 is 1.15 bits per heavy atom. The molecule has 0 atom stereocenters. The zero-order valence-corrected chi connectivity index (χ0v) is 11.3. The van der Waals surface area contributed by atoms with Crippen LogP contribution in [0.5, 0.6) is 0 Å². The van der Waals surface area contributed by atoms with E-state index in [4.69, 9.17) is 0 Å². The van der Waals surface area contributed by atoms with Crippen molar-refractivity contribution in [1.29, 1.82) is 0 Å². The van der Waals surface area contributed by atoms with Crippen LogP contribution in [0.3, 0.4) is 0 Å². The van der Waals surface area contributed by atoms with Crippen LogP contribution in [0.4, 0.5) is 11.4 Å². The number of nitrogens with zero attached hydrogens (tertiary/aromatic N) is 2. The highest BCUT2D eigenvalue weighted by Gasteiger charge is 2.09. The summed E-state index contributed by atoms with van der Waals surface area (Å²) in [6, 6.07) is 10.4. The minimum absolute atomic E-state index is 0.0578. The first kappa shape index (κ1) is 13.7. The maximum atomic E-state index is 12.0. The van der Waals surface area contributed by atoms with Crippen LogP contribution < -0.4 is 10.2 Å². The van der Waals surface area contributed by atoms with Gasteiger partial charge in [0.15, 0.2) is 0 Å². The van der Waals surface area contributed by atoms with Crippen LogP contribution in [0.25, 0.3) is 0 Å². The molecule has 0 unspecified atom stereocenters. The van der Waals surface area contributed by atoms with E-state index in [2.05, 4.69) is 10.3 Å². The molecule has 1 heterocycles. The molecule has 1 N–H and O–H groups in total. The Morgan fingerprint density at radius 2 is 1.85 bits per heavy atom. The van der Waals surface area contributed by atoms with E-state index >= 15 is 0 Å². The number of aromatic nitrogens is 1. The SMILES string of the molecule is CC(=O)N(C)c1ccc(C(=O)Nc2cccnc2)cc1. The lowest BCUT2D eigenvalue weighted by molar-refractivity contribution is -0.116. The van der Waals surface area contributed by atoms with E-state index in [9.17, 15) is 9.59 Å². The molecule has 0 saturated carbocycles. The molecule has 2 rings (SSSR count). The molecule has 0 bridgehead atoms. The summed E-state index contributed by atoms with van der Waals surface area (Å²) < 4.78 is 0. The lowest BCUT2D eigenvalue weighted by Gasteiger charge is -2.15. The summed E-state index contributed by atoms with van der Waals surface area (Å²) in [6.07, 6.45) is 3.22. The van der Waals surface area contributed by atoms with Gasteiger partial charge in [0.05, 0.1) is 11.9 Å². The fourth-order valence-corrected chi connectivity index (χ4v) is 1.66. The standard InChI is InChI=1S/C15H15N3O2/c1-11(19)18(2)14-7-5-12(6-8-14)15(20)17-13-4-3-9-16-10-13/h3-10H,1-2H3,(H,17,20). The monoisotopic (exact) mass is 269 g/mol. The molecule has 0 aliphatic rings. The lowest BCUT2D eigenvalue weighted by Crippen LogP contribution is -2.22. The number of nitrogens with one attached hydrogen (secondary N) is 1. The average molecular weight is 269 g/mol. The minimum Gasteiger partial charge on any atom is -0.321 e. The number of pyridine rings is 1. The first-order chi connectivity index (χ1) is 9.58. The zero-order chi connectivity index (χ0) is 14.5. The Morgan fingerprint density at radius 3 is 2.40 bits per heavy atom. The molecule has 2 amide bonds. The van der Waals surface area contributed by atoms with E-state index in [1.54, 1.807) is 55.8 Å². The molecule has 0 fully saturated rings. The van der Waals surface area contributed by atoms with E-state index in [1.807, 2.05) is 0 Å². The van der Waals surface area contributed by atoms with Gasteiger partial charge >= 0.3 is 0 Å². The number of hydrogen-bond acceptors (Lipinski definition) is 3. The van der Waals surface area contributed by atoms with Gasteiger partial charge < -0.3 is 10.2 Å². The quantitative estimate of drug-likeness (QED) is 0.930. The maximum absolute atomic E-state index is 12.0. The van der Waals surface area contributed by atoms with Crippen LogP contribution in [0, 0.1) is 0 Å². The Bertz CT molecular complexity index is 609. The van der Waals surface area contributed by atoms with E-state index in [1.165, 1.54) is 11.8 Å². The number of carbonyl (C=O) groups excluding carboxylic acids is 2. The number of rotatable bonds is 3. The van der Waals surface area contributed by atoms with Gasteiger partial charge in [-0.3, -0.25) is 14.6 Å². The molecular formula is C15H15N3O2. The summed E-state index contributed by atoms with van der Waals surface area (Å²) in [5.41, 5.74) is 1.91. The van der Waals surface area contributed by atoms with Gasteiger partial charge in [-0.2, -0.15) is 0 Å². The van der Waals surface area contributed by atoms with Gasteiger partial charge in [0.25, 0.3) is 5.91 Å². The highest BCUT2D eigenvalue weighted by molar-refractivity contribution is 6.04. The number of benzene rings is 1. The third kappa shape index (κ3) is 3.20. The Kier molecular flexibility index (Phi) is 4.10. The van der Waals surface area contributed by atoms with Gasteiger partial charge in [-0.05, 0) is 36.4 Å². The lowest BCUT2D eigenvalue weighted by atomic mass is 10.2. The van der Waals surface area contributed by atoms with Crippen molar-refractivity contribution in [2.75, 3.05) is 17.3 Å². The Labute approximate surface area is 117 Å². The summed E-state index contributed by atoms with van der Waals surface area (Å²) in [7, 11) is 1.69. The van der Waals surface area contributed by atoms with Crippen LogP contribution in [0.1, 0.15) is 17.3 Å². The van der Waals surface area contributed by atoms with Gasteiger partial charge in [-0.25, -0.2) is 0 Å². The van der Waals surface area contributed by atoms with Crippen molar-refractivity contribution in [1.82, 2.24) is 4.98 Å². The summed E-state index contributed by atoms with van der Waals surface area (Å²) >= 11 is 0. The molecular weight excluding hydrogens is 254 g/mol. The van der Waals surface area contributed by atoms with E-state index in [0.717, 1.165) is 5.69 Å². The molecule has 0 radical (unpaired) electrons. The molecule has 0 aliphatic carbocycles. The van der Waals surface area contributed by atoms with Gasteiger partial charge in [-0.15, -0.1) is 0 Å². The van der Waals surface area contributed by atoms with Gasteiger partial charge in [0, 0.05) is 31.4 Å². The number of carbonyl (C=O) groups is 2. The predicted molar refractivity (Wildman–Crippen MR) is 77.7 cm³/mol. The molecule has 102 valence electrons. The summed E-state index contributed by atoms with van der Waals surface area (Å²) in [5.74, 6) is -0.271. The summed E-state index contributed by atoms with van der Waals surface area (Å²) in [4.78, 5) is 28.7. The largest absolute Gasteiger partial charge is 0.321 e. The van der Waals surface area contributed by atoms with Crippen molar-refractivity contribution >= 4 is 23.2 Å². The first-order valence-corrected chi connectivity index (χ1v) is 6.13. The predicted octanol–water partition coefficient (Wildman–Crippen LogP) is 2.32. The van der Waals surface area contributed by atoms with Crippen molar-refractivity contribution < 1.29 is 9.59 Å². The van der Waals surface area contributed by atoms with Crippen molar-refractivity contribution in [3.63, 3.8) is 0 Å². The number of hydrogen-bond donors (Lipinski definition) is 1. The van der Waals surface area contributed by atoms with Gasteiger partial charge in [-0.1, -0.05) is 0 Å². The second-order valence-electron chi connectivity index (χ2n) is 4.32. The van der Waals surface area contributed by atoms with Crippen LogP contribution in [0.15, 0.2) is 48.8 Å². The molecule has 5 heteroatoms. The molecule has 0 aliphatic heterocycles. The molecule has 20 heavy (non-hydrogen) atoms. The second kappa shape index (κ2) is 5.97. The van der Waals surface area contributed by atoms with Crippen molar-refractivity contribution in [2.45, 2.75) is 6.92 Å². The third-order valence-electron chi connectivity index (χ3n) is 2.91. The summed E-state index contributed by atoms with van der Waals surface area (Å²) in [6.45, 7) is 1.49. The van der Waals surface area contributed by atoms with E-state index in [0.29, 0.717) is 11.3 Å². The molecule has 0 saturated heterocycles. The molecule has 1 aromatic heterocycles. The Hall–Kier alpha value is -2.69. The second-order valence-corrected chi connectivity index (χ2v) is 4.32. The molecule has 1 aromatic carbocycles. The van der Waals surface area contributed by atoms with Crippen molar-refractivity contribution in [3.8, 4) is 0 Å². The fourth-order valence-electron chi connectivity index (χ4n) is 1.66. The molecule has 2 aromatic rings. The zero-order valence-electron chi connectivity index (χ0n) is 11.3. The first-order valence-electron chi connectivity index (χ1n) is 6.13. The third-order valence-corrected chi connectivity index (χ3v) is 2.91. The van der Waals surface area contributed by atoms with Crippen LogP contribution in [-0.2, 0) is 4.79 Å². The van der Waals surface area contributed by atoms with Crippen LogP contribution in [0.2, 0.25) is 0 Å². The highest BCUT2D eigenvalue weighted by Crippen LogP contribution is 2.15. The molecule has 5 nitrogen and oxygen atoms in total. The highest BCUT2D eigenvalue weighted by atomic mass is 16.2. The normalized spacial score (nSPS) is 9.90.